The Morgan fingerprint density at radius 3 is 2.68 bits per heavy atom. The molecule has 1 aliphatic heterocycles. The van der Waals surface area contributed by atoms with Crippen molar-refractivity contribution in [1.82, 2.24) is 0 Å². The number of halogens is 2. The summed E-state index contributed by atoms with van der Waals surface area (Å²) in [5, 5.41) is 0. The molecule has 2 aromatic carbocycles. The van der Waals surface area contributed by atoms with Gasteiger partial charge in [-0.05, 0) is 70.4 Å². The van der Waals surface area contributed by atoms with Crippen molar-refractivity contribution in [3.05, 3.63) is 63.5 Å². The molecule has 5 nitrogen and oxygen atoms in total. The number of esters is 1. The van der Waals surface area contributed by atoms with E-state index >= 15 is 0 Å². The second-order valence-corrected chi connectivity index (χ2v) is 6.93. The molecule has 0 spiro atoms. The molecule has 0 saturated heterocycles. The van der Waals surface area contributed by atoms with Crippen LogP contribution in [-0.4, -0.2) is 25.6 Å². The maximum atomic E-state index is 13.1. The summed E-state index contributed by atoms with van der Waals surface area (Å²) < 4.78 is 30.2. The summed E-state index contributed by atoms with van der Waals surface area (Å²) in [6, 6.07) is 9.16. The molecule has 28 heavy (non-hydrogen) atoms. The second kappa shape index (κ2) is 9.01. The van der Waals surface area contributed by atoms with Gasteiger partial charge in [0.2, 0.25) is 5.90 Å². The maximum absolute atomic E-state index is 13.1. The first-order chi connectivity index (χ1) is 13.5. The third-order valence-electron chi connectivity index (χ3n) is 4.01. The van der Waals surface area contributed by atoms with Gasteiger partial charge in [0.15, 0.2) is 17.2 Å². The maximum Gasteiger partial charge on any atom is 0.363 e. The van der Waals surface area contributed by atoms with Crippen LogP contribution < -0.4 is 9.47 Å². The Morgan fingerprint density at radius 1 is 1.25 bits per heavy atom. The highest BCUT2D eigenvalue weighted by molar-refractivity contribution is 9.10. The number of benzene rings is 2. The van der Waals surface area contributed by atoms with E-state index < -0.39 is 5.97 Å². The topological polar surface area (TPSA) is 57.1 Å². The number of ether oxygens (including phenoxy) is 3. The lowest BCUT2D eigenvalue weighted by Gasteiger charge is -2.13. The predicted octanol–water partition coefficient (Wildman–Crippen LogP) is 5.12. The van der Waals surface area contributed by atoms with Gasteiger partial charge < -0.3 is 14.2 Å². The minimum atomic E-state index is -0.572. The van der Waals surface area contributed by atoms with Crippen LogP contribution in [0, 0.1) is 5.82 Å². The molecule has 7 heteroatoms. The van der Waals surface area contributed by atoms with Gasteiger partial charge in [-0.3, -0.25) is 0 Å². The van der Waals surface area contributed by atoms with Crippen LogP contribution in [0.3, 0.4) is 0 Å². The summed E-state index contributed by atoms with van der Waals surface area (Å²) in [5.74, 6) is 0.358. The summed E-state index contributed by atoms with van der Waals surface area (Å²) in [7, 11) is 1.56. The molecule has 2 aromatic rings. The van der Waals surface area contributed by atoms with Gasteiger partial charge in [0.25, 0.3) is 0 Å². The Labute approximate surface area is 171 Å². The average Bonchev–Trinajstić information content (AvgIpc) is 3.04. The lowest BCUT2D eigenvalue weighted by atomic mass is 10.1. The number of unbranched alkanes of at least 4 members (excludes halogenated alkanes) is 1. The summed E-state index contributed by atoms with van der Waals surface area (Å²) in [6.07, 6.45) is 3.57. The molecular weight excluding hydrogens is 429 g/mol. The molecule has 1 aliphatic rings. The largest absolute Gasteiger partial charge is 0.493 e. The van der Waals surface area contributed by atoms with Crippen molar-refractivity contribution in [1.29, 1.82) is 0 Å². The van der Waals surface area contributed by atoms with E-state index in [1.165, 1.54) is 24.3 Å². The van der Waals surface area contributed by atoms with Crippen molar-refractivity contribution in [2.24, 2.45) is 4.99 Å². The Kier molecular flexibility index (Phi) is 6.46. The van der Waals surface area contributed by atoms with Crippen LogP contribution in [0.2, 0.25) is 0 Å². The van der Waals surface area contributed by atoms with Gasteiger partial charge in [-0.1, -0.05) is 13.3 Å². The fraction of sp³-hybridized carbons (Fsp3) is 0.238. The first kappa shape index (κ1) is 20.1. The average molecular weight is 448 g/mol. The quantitative estimate of drug-likeness (QED) is 0.335. The zero-order valence-corrected chi connectivity index (χ0v) is 17.1. The molecule has 0 aliphatic carbocycles. The Hall–Kier alpha value is -2.67. The van der Waals surface area contributed by atoms with Crippen molar-refractivity contribution in [3.63, 3.8) is 0 Å². The van der Waals surface area contributed by atoms with Crippen LogP contribution in [0.25, 0.3) is 6.08 Å². The molecule has 0 aromatic heterocycles. The predicted molar refractivity (Wildman–Crippen MR) is 108 cm³/mol. The number of methoxy groups -OCH3 is 1. The van der Waals surface area contributed by atoms with Crippen LogP contribution in [0.4, 0.5) is 4.39 Å². The first-order valence-electron chi connectivity index (χ1n) is 8.80. The fourth-order valence-electron chi connectivity index (χ4n) is 2.56. The van der Waals surface area contributed by atoms with Crippen molar-refractivity contribution in [2.45, 2.75) is 19.8 Å². The van der Waals surface area contributed by atoms with Gasteiger partial charge >= 0.3 is 5.97 Å². The number of hydrogen-bond donors (Lipinski definition) is 0. The number of hydrogen-bond acceptors (Lipinski definition) is 5. The molecular formula is C21H19BrFNO4. The van der Waals surface area contributed by atoms with Gasteiger partial charge in [-0.15, -0.1) is 0 Å². The first-order valence-corrected chi connectivity index (χ1v) is 9.60. The molecule has 0 bridgehead atoms. The van der Waals surface area contributed by atoms with E-state index in [1.54, 1.807) is 19.3 Å². The summed E-state index contributed by atoms with van der Waals surface area (Å²) in [5.41, 5.74) is 1.37. The SMILES string of the molecule is CCCCOc1c(Br)cc(/C=C2\N=C(c3ccc(F)cc3)OC2=O)cc1OC. The molecule has 0 fully saturated rings. The van der Waals surface area contributed by atoms with E-state index in [0.717, 1.165) is 12.8 Å². The zero-order valence-electron chi connectivity index (χ0n) is 15.5. The molecule has 0 unspecified atom stereocenters. The number of carbonyl (C=O) groups is 1. The number of carbonyl (C=O) groups excluding carboxylic acids is 1. The van der Waals surface area contributed by atoms with E-state index in [4.69, 9.17) is 14.2 Å². The molecule has 3 rings (SSSR count). The second-order valence-electron chi connectivity index (χ2n) is 6.08. The lowest BCUT2D eigenvalue weighted by molar-refractivity contribution is -0.129. The van der Waals surface area contributed by atoms with Gasteiger partial charge in [0, 0.05) is 5.56 Å². The summed E-state index contributed by atoms with van der Waals surface area (Å²) in [4.78, 5) is 16.4. The highest BCUT2D eigenvalue weighted by atomic mass is 79.9. The van der Waals surface area contributed by atoms with Crippen LogP contribution >= 0.6 is 15.9 Å². The van der Waals surface area contributed by atoms with E-state index in [9.17, 15) is 9.18 Å². The highest BCUT2D eigenvalue weighted by Crippen LogP contribution is 2.37. The molecule has 1 heterocycles. The van der Waals surface area contributed by atoms with Gasteiger partial charge in [0.1, 0.15) is 5.82 Å². The van der Waals surface area contributed by atoms with E-state index in [0.29, 0.717) is 33.7 Å². The van der Waals surface area contributed by atoms with Crippen molar-refractivity contribution in [2.75, 3.05) is 13.7 Å². The molecule has 0 saturated carbocycles. The summed E-state index contributed by atoms with van der Waals surface area (Å²) in [6.45, 7) is 2.68. The van der Waals surface area contributed by atoms with Crippen LogP contribution in [0.1, 0.15) is 30.9 Å². The third-order valence-corrected chi connectivity index (χ3v) is 4.60. The number of aliphatic imine (C=N–C) groups is 1. The monoisotopic (exact) mass is 447 g/mol. The zero-order chi connectivity index (χ0) is 20.1. The van der Waals surface area contributed by atoms with Gasteiger partial charge in [0.05, 0.1) is 18.2 Å². The van der Waals surface area contributed by atoms with E-state index in [1.807, 2.05) is 6.07 Å². The van der Waals surface area contributed by atoms with Crippen LogP contribution in [-0.2, 0) is 9.53 Å². The number of nitrogens with zero attached hydrogens (tertiary/aromatic N) is 1. The van der Waals surface area contributed by atoms with Crippen molar-refractivity contribution in [3.8, 4) is 11.5 Å². The third kappa shape index (κ3) is 4.59. The molecule has 0 atom stereocenters. The van der Waals surface area contributed by atoms with Crippen LogP contribution in [0.5, 0.6) is 11.5 Å². The van der Waals surface area contributed by atoms with E-state index in [-0.39, 0.29) is 17.4 Å². The van der Waals surface area contributed by atoms with Crippen molar-refractivity contribution >= 4 is 33.9 Å². The van der Waals surface area contributed by atoms with Gasteiger partial charge in [-0.2, -0.15) is 0 Å². The lowest BCUT2D eigenvalue weighted by Crippen LogP contribution is -2.05. The Balaban J connectivity index is 1.88. The molecule has 0 radical (unpaired) electrons. The fourth-order valence-corrected chi connectivity index (χ4v) is 3.14. The van der Waals surface area contributed by atoms with Crippen molar-refractivity contribution < 1.29 is 23.4 Å². The molecule has 0 N–H and O–H groups in total. The van der Waals surface area contributed by atoms with E-state index in [2.05, 4.69) is 27.8 Å². The smallest absolute Gasteiger partial charge is 0.363 e. The molecule has 0 amide bonds. The number of rotatable bonds is 7. The standard InChI is InChI=1S/C21H19BrFNO4/c1-3-4-9-27-19-16(22)10-13(12-18(19)26-2)11-17-21(25)28-20(24-17)14-5-7-15(23)8-6-14/h5-8,10-12H,3-4,9H2,1-2H3/b17-11-. The van der Waals surface area contributed by atoms with Gasteiger partial charge in [-0.25, -0.2) is 14.2 Å². The normalized spacial score (nSPS) is 14.8. The Bertz CT molecular complexity index is 938. The Morgan fingerprint density at radius 2 is 2.00 bits per heavy atom. The summed E-state index contributed by atoms with van der Waals surface area (Å²) >= 11 is 3.49. The molecule has 146 valence electrons. The highest BCUT2D eigenvalue weighted by Gasteiger charge is 2.24. The number of cyclic esters (lactones) is 1. The minimum absolute atomic E-state index is 0.141. The minimum Gasteiger partial charge on any atom is -0.493 e. The van der Waals surface area contributed by atoms with Crippen LogP contribution in [0.15, 0.2) is 51.6 Å².